The summed E-state index contributed by atoms with van der Waals surface area (Å²) in [6.07, 6.45) is 9.77. The van der Waals surface area contributed by atoms with Gasteiger partial charge in [0.25, 0.3) is 0 Å². The monoisotopic (exact) mass is 229 g/mol. The molecular formula is C16H23N. The second-order valence-corrected chi connectivity index (χ2v) is 5.61. The molecule has 0 radical (unpaired) electrons. The van der Waals surface area contributed by atoms with Crippen LogP contribution in [0.4, 0.5) is 0 Å². The van der Waals surface area contributed by atoms with Crippen molar-refractivity contribution in [3.05, 3.63) is 35.4 Å². The van der Waals surface area contributed by atoms with E-state index in [9.17, 15) is 0 Å². The lowest BCUT2D eigenvalue weighted by Gasteiger charge is -2.26. The highest BCUT2D eigenvalue weighted by molar-refractivity contribution is 5.33. The molecule has 1 N–H and O–H groups in total. The number of hydrogen-bond donors (Lipinski definition) is 1. The van der Waals surface area contributed by atoms with Crippen molar-refractivity contribution >= 4 is 0 Å². The van der Waals surface area contributed by atoms with Crippen LogP contribution in [0.5, 0.6) is 0 Å². The Hall–Kier alpha value is -0.820. The van der Waals surface area contributed by atoms with Crippen LogP contribution in [0, 0.1) is 0 Å². The summed E-state index contributed by atoms with van der Waals surface area (Å²) in [6.45, 7) is 1.20. The fourth-order valence-corrected chi connectivity index (χ4v) is 3.56. The van der Waals surface area contributed by atoms with Crippen LogP contribution in [0.15, 0.2) is 24.3 Å². The van der Waals surface area contributed by atoms with Gasteiger partial charge in [0.1, 0.15) is 0 Å². The largest absolute Gasteiger partial charge is 0.310 e. The molecule has 1 heterocycles. The van der Waals surface area contributed by atoms with E-state index in [2.05, 4.69) is 29.6 Å². The predicted molar refractivity (Wildman–Crippen MR) is 72.2 cm³/mol. The van der Waals surface area contributed by atoms with Crippen molar-refractivity contribution in [2.75, 3.05) is 6.54 Å². The van der Waals surface area contributed by atoms with Crippen molar-refractivity contribution < 1.29 is 0 Å². The van der Waals surface area contributed by atoms with Crippen LogP contribution in [0.3, 0.4) is 0 Å². The Morgan fingerprint density at radius 3 is 2.29 bits per heavy atom. The number of benzene rings is 1. The minimum Gasteiger partial charge on any atom is -0.310 e. The molecule has 2 fully saturated rings. The van der Waals surface area contributed by atoms with E-state index in [0.29, 0.717) is 6.04 Å². The Bertz CT molecular complexity index is 360. The first-order valence-corrected chi connectivity index (χ1v) is 7.27. The van der Waals surface area contributed by atoms with Gasteiger partial charge in [0.2, 0.25) is 0 Å². The molecule has 1 saturated heterocycles. The summed E-state index contributed by atoms with van der Waals surface area (Å²) in [5, 5.41) is 3.65. The summed E-state index contributed by atoms with van der Waals surface area (Å²) in [5.74, 6) is 0.836. The molecule has 0 bridgehead atoms. The summed E-state index contributed by atoms with van der Waals surface area (Å²) in [5.41, 5.74) is 3.24. The zero-order chi connectivity index (χ0) is 11.5. The SMILES string of the molecule is c1ccc([C@H]2CCCN2)c(C2CCCCC2)c1. The fourth-order valence-electron chi connectivity index (χ4n) is 3.56. The Kier molecular flexibility index (Phi) is 3.46. The summed E-state index contributed by atoms with van der Waals surface area (Å²) in [7, 11) is 0. The van der Waals surface area contributed by atoms with Crippen LogP contribution >= 0.6 is 0 Å². The predicted octanol–water partition coefficient (Wildman–Crippen LogP) is 4.16. The number of nitrogens with one attached hydrogen (secondary N) is 1. The summed E-state index contributed by atoms with van der Waals surface area (Å²) >= 11 is 0. The lowest BCUT2D eigenvalue weighted by atomic mass is 9.80. The van der Waals surface area contributed by atoms with Gasteiger partial charge in [-0.2, -0.15) is 0 Å². The van der Waals surface area contributed by atoms with Crippen molar-refractivity contribution in [1.29, 1.82) is 0 Å². The highest BCUT2D eigenvalue weighted by Crippen LogP contribution is 2.37. The van der Waals surface area contributed by atoms with Gasteiger partial charge >= 0.3 is 0 Å². The zero-order valence-electron chi connectivity index (χ0n) is 10.6. The van der Waals surface area contributed by atoms with Crippen LogP contribution < -0.4 is 5.32 Å². The van der Waals surface area contributed by atoms with Crippen molar-refractivity contribution in [3.63, 3.8) is 0 Å². The highest BCUT2D eigenvalue weighted by Gasteiger charge is 2.23. The van der Waals surface area contributed by atoms with E-state index in [4.69, 9.17) is 0 Å². The van der Waals surface area contributed by atoms with Crippen LogP contribution in [-0.4, -0.2) is 6.54 Å². The molecule has 1 heteroatoms. The topological polar surface area (TPSA) is 12.0 Å². The van der Waals surface area contributed by atoms with Crippen molar-refractivity contribution in [2.45, 2.75) is 56.9 Å². The van der Waals surface area contributed by atoms with Gasteiger partial charge < -0.3 is 5.32 Å². The molecule has 0 aromatic heterocycles. The van der Waals surface area contributed by atoms with E-state index >= 15 is 0 Å². The van der Waals surface area contributed by atoms with Crippen LogP contribution in [0.25, 0.3) is 0 Å². The van der Waals surface area contributed by atoms with Gasteiger partial charge in [0, 0.05) is 6.04 Å². The van der Waals surface area contributed by atoms with Crippen LogP contribution in [-0.2, 0) is 0 Å². The molecule has 1 aliphatic heterocycles. The molecule has 0 spiro atoms. The molecule has 1 aromatic carbocycles. The average molecular weight is 229 g/mol. The van der Waals surface area contributed by atoms with E-state index in [1.165, 1.54) is 51.5 Å². The zero-order valence-corrected chi connectivity index (χ0v) is 10.6. The van der Waals surface area contributed by atoms with Crippen molar-refractivity contribution in [1.82, 2.24) is 5.32 Å². The molecule has 0 amide bonds. The molecular weight excluding hydrogens is 206 g/mol. The fraction of sp³-hybridized carbons (Fsp3) is 0.625. The molecule has 0 unspecified atom stereocenters. The second kappa shape index (κ2) is 5.22. The molecule has 1 nitrogen and oxygen atoms in total. The van der Waals surface area contributed by atoms with E-state index in [0.717, 1.165) is 5.92 Å². The molecule has 2 aliphatic rings. The van der Waals surface area contributed by atoms with Gasteiger partial charge in [-0.15, -0.1) is 0 Å². The summed E-state index contributed by atoms with van der Waals surface area (Å²) in [4.78, 5) is 0. The maximum Gasteiger partial charge on any atom is 0.0323 e. The molecule has 17 heavy (non-hydrogen) atoms. The molecule has 92 valence electrons. The Balaban J connectivity index is 1.86. The first kappa shape index (κ1) is 11.3. The molecule has 1 saturated carbocycles. The maximum atomic E-state index is 3.65. The Morgan fingerprint density at radius 2 is 1.59 bits per heavy atom. The first-order valence-electron chi connectivity index (χ1n) is 7.27. The van der Waals surface area contributed by atoms with Gasteiger partial charge in [-0.25, -0.2) is 0 Å². The third-order valence-corrected chi connectivity index (χ3v) is 4.48. The van der Waals surface area contributed by atoms with Gasteiger partial charge in [-0.3, -0.25) is 0 Å². The summed E-state index contributed by atoms with van der Waals surface area (Å²) in [6, 6.07) is 9.80. The van der Waals surface area contributed by atoms with E-state index in [1.807, 2.05) is 0 Å². The highest BCUT2D eigenvalue weighted by atomic mass is 14.9. The molecule has 1 atom stereocenters. The van der Waals surface area contributed by atoms with E-state index < -0.39 is 0 Å². The van der Waals surface area contributed by atoms with Gasteiger partial charge in [-0.05, 0) is 49.3 Å². The third-order valence-electron chi connectivity index (χ3n) is 4.48. The minimum atomic E-state index is 0.633. The van der Waals surface area contributed by atoms with Gasteiger partial charge in [0.15, 0.2) is 0 Å². The third kappa shape index (κ3) is 2.40. The Labute approximate surface area is 105 Å². The average Bonchev–Trinajstić information content (AvgIpc) is 2.94. The van der Waals surface area contributed by atoms with Gasteiger partial charge in [-0.1, -0.05) is 43.5 Å². The lowest BCUT2D eigenvalue weighted by Crippen LogP contribution is -2.16. The van der Waals surface area contributed by atoms with E-state index in [1.54, 1.807) is 11.1 Å². The lowest BCUT2D eigenvalue weighted by molar-refractivity contribution is 0.438. The van der Waals surface area contributed by atoms with Crippen LogP contribution in [0.1, 0.15) is 68.0 Å². The number of hydrogen-bond acceptors (Lipinski definition) is 1. The van der Waals surface area contributed by atoms with Gasteiger partial charge in [0.05, 0.1) is 0 Å². The van der Waals surface area contributed by atoms with Crippen LogP contribution in [0.2, 0.25) is 0 Å². The maximum absolute atomic E-state index is 3.65. The molecule has 1 aliphatic carbocycles. The quantitative estimate of drug-likeness (QED) is 0.803. The smallest absolute Gasteiger partial charge is 0.0323 e. The standard InChI is InChI=1S/C16H23N/c1-2-7-13(8-3-1)14-9-4-5-10-15(14)16-11-6-12-17-16/h4-5,9-10,13,16-17H,1-3,6-8,11-12H2/t16-/m1/s1. The molecule has 3 rings (SSSR count). The van der Waals surface area contributed by atoms with Crippen molar-refractivity contribution in [2.24, 2.45) is 0 Å². The number of rotatable bonds is 2. The summed E-state index contributed by atoms with van der Waals surface area (Å²) < 4.78 is 0. The first-order chi connectivity index (χ1) is 8.45. The normalized spacial score (nSPS) is 26.2. The minimum absolute atomic E-state index is 0.633. The van der Waals surface area contributed by atoms with E-state index in [-0.39, 0.29) is 0 Å². The van der Waals surface area contributed by atoms with Crippen molar-refractivity contribution in [3.8, 4) is 0 Å². The second-order valence-electron chi connectivity index (χ2n) is 5.61. The molecule has 1 aromatic rings. The Morgan fingerprint density at radius 1 is 0.824 bits per heavy atom.